The minimum Gasteiger partial charge on any atom is -0.389 e. The second-order valence-electron chi connectivity index (χ2n) is 7.57. The molecule has 6 nitrogen and oxygen atoms in total. The highest BCUT2D eigenvalue weighted by atomic mass is 19.4. The highest BCUT2D eigenvalue weighted by Crippen LogP contribution is 2.30. The molecule has 0 aliphatic heterocycles. The standard InChI is InChI=1S/C21H22F3N5O/c1-13-8-15(14-4-6-25-18(11-14)27-12-20(2,3)30)10-16(9-13)28-19-26-7-5-17(29-19)21(22,23)24/h4-11,30H,12H2,1-3H3,(H,25,27)(H,26,28,29). The largest absolute Gasteiger partial charge is 0.433 e. The monoisotopic (exact) mass is 417 g/mol. The number of alkyl halides is 3. The smallest absolute Gasteiger partial charge is 0.389 e. The van der Waals surface area contributed by atoms with Gasteiger partial charge in [-0.3, -0.25) is 0 Å². The molecule has 3 N–H and O–H groups in total. The number of aromatic nitrogens is 3. The normalized spacial score (nSPS) is 12.0. The van der Waals surface area contributed by atoms with E-state index < -0.39 is 17.5 Å². The molecule has 0 fully saturated rings. The Labute approximate surface area is 172 Å². The van der Waals surface area contributed by atoms with Crippen LogP contribution in [0.5, 0.6) is 0 Å². The Kier molecular flexibility index (Phi) is 5.93. The lowest BCUT2D eigenvalue weighted by molar-refractivity contribution is -0.141. The number of aryl methyl sites for hydroxylation is 1. The third-order valence-electron chi connectivity index (χ3n) is 4.07. The Morgan fingerprint density at radius 1 is 0.967 bits per heavy atom. The van der Waals surface area contributed by atoms with Crippen LogP contribution in [0.3, 0.4) is 0 Å². The zero-order valence-electron chi connectivity index (χ0n) is 16.7. The van der Waals surface area contributed by atoms with Gasteiger partial charge < -0.3 is 15.7 Å². The topological polar surface area (TPSA) is 83.0 Å². The van der Waals surface area contributed by atoms with Crippen molar-refractivity contribution in [3.05, 3.63) is 60.0 Å². The molecule has 2 aromatic heterocycles. The minimum absolute atomic E-state index is 0.136. The van der Waals surface area contributed by atoms with Gasteiger partial charge in [-0.25, -0.2) is 15.0 Å². The molecular formula is C21H22F3N5O. The van der Waals surface area contributed by atoms with Gasteiger partial charge in [-0.15, -0.1) is 0 Å². The number of rotatable bonds is 6. The van der Waals surface area contributed by atoms with Gasteiger partial charge in [0.25, 0.3) is 0 Å². The molecule has 158 valence electrons. The summed E-state index contributed by atoms with van der Waals surface area (Å²) in [4.78, 5) is 11.7. The van der Waals surface area contributed by atoms with Crippen molar-refractivity contribution in [1.82, 2.24) is 15.0 Å². The fraction of sp³-hybridized carbons (Fsp3) is 0.286. The van der Waals surface area contributed by atoms with Gasteiger partial charge in [0.15, 0.2) is 0 Å². The average molecular weight is 417 g/mol. The summed E-state index contributed by atoms with van der Waals surface area (Å²) in [6, 6.07) is 10.0. The second kappa shape index (κ2) is 8.27. The van der Waals surface area contributed by atoms with Gasteiger partial charge >= 0.3 is 6.18 Å². The highest BCUT2D eigenvalue weighted by molar-refractivity contribution is 5.72. The van der Waals surface area contributed by atoms with Crippen LogP contribution in [0.4, 0.5) is 30.6 Å². The first kappa shape index (κ1) is 21.5. The van der Waals surface area contributed by atoms with Crippen molar-refractivity contribution in [2.45, 2.75) is 32.5 Å². The zero-order valence-corrected chi connectivity index (χ0v) is 16.7. The van der Waals surface area contributed by atoms with Crippen LogP contribution in [0.25, 0.3) is 11.1 Å². The quantitative estimate of drug-likeness (QED) is 0.535. The number of benzene rings is 1. The Bertz CT molecular complexity index is 1030. The number of nitrogens with zero attached hydrogens (tertiary/aromatic N) is 3. The van der Waals surface area contributed by atoms with E-state index in [2.05, 4.69) is 25.6 Å². The van der Waals surface area contributed by atoms with Gasteiger partial charge in [-0.1, -0.05) is 6.07 Å². The van der Waals surface area contributed by atoms with Crippen LogP contribution < -0.4 is 10.6 Å². The van der Waals surface area contributed by atoms with Crippen molar-refractivity contribution in [1.29, 1.82) is 0 Å². The molecule has 0 unspecified atom stereocenters. The van der Waals surface area contributed by atoms with Crippen molar-refractivity contribution in [2.75, 3.05) is 17.2 Å². The van der Waals surface area contributed by atoms with Crippen LogP contribution >= 0.6 is 0 Å². The predicted octanol–water partition coefficient (Wildman–Crippen LogP) is 4.79. The van der Waals surface area contributed by atoms with E-state index in [1.807, 2.05) is 25.1 Å². The lowest BCUT2D eigenvalue weighted by atomic mass is 10.0. The van der Waals surface area contributed by atoms with Gasteiger partial charge in [0.2, 0.25) is 5.95 Å². The van der Waals surface area contributed by atoms with Crippen LogP contribution in [0, 0.1) is 6.92 Å². The number of pyridine rings is 1. The molecule has 0 saturated carbocycles. The molecule has 0 bridgehead atoms. The molecule has 2 heterocycles. The Morgan fingerprint density at radius 3 is 2.40 bits per heavy atom. The Hall–Kier alpha value is -3.20. The van der Waals surface area contributed by atoms with E-state index >= 15 is 0 Å². The van der Waals surface area contributed by atoms with Crippen LogP contribution in [0.15, 0.2) is 48.8 Å². The number of halogens is 3. The summed E-state index contributed by atoms with van der Waals surface area (Å²) in [6.07, 6.45) is -1.83. The molecule has 9 heteroatoms. The maximum absolute atomic E-state index is 12.9. The number of nitrogens with one attached hydrogen (secondary N) is 2. The minimum atomic E-state index is -4.54. The summed E-state index contributed by atoms with van der Waals surface area (Å²) in [6.45, 7) is 5.60. The van der Waals surface area contributed by atoms with Gasteiger partial charge in [0.05, 0.1) is 5.60 Å². The SMILES string of the molecule is Cc1cc(Nc2nccc(C(F)(F)F)n2)cc(-c2ccnc(NCC(C)(C)O)c2)c1. The molecule has 1 aromatic carbocycles. The zero-order chi connectivity index (χ0) is 21.9. The number of hydrogen-bond donors (Lipinski definition) is 3. The summed E-state index contributed by atoms with van der Waals surface area (Å²) < 4.78 is 38.7. The molecule has 30 heavy (non-hydrogen) atoms. The average Bonchev–Trinajstić information content (AvgIpc) is 2.65. The van der Waals surface area contributed by atoms with E-state index in [0.717, 1.165) is 29.0 Å². The maximum Gasteiger partial charge on any atom is 0.433 e. The first-order valence-electron chi connectivity index (χ1n) is 9.21. The Morgan fingerprint density at radius 2 is 1.70 bits per heavy atom. The summed E-state index contributed by atoms with van der Waals surface area (Å²) in [5, 5.41) is 15.8. The lowest BCUT2D eigenvalue weighted by Crippen LogP contribution is -2.29. The number of hydrogen-bond acceptors (Lipinski definition) is 6. The van der Waals surface area contributed by atoms with Crippen LogP contribution in [-0.4, -0.2) is 32.2 Å². The van der Waals surface area contributed by atoms with E-state index in [4.69, 9.17) is 0 Å². The third-order valence-corrected chi connectivity index (χ3v) is 4.07. The summed E-state index contributed by atoms with van der Waals surface area (Å²) in [5.74, 6) is 0.468. The van der Waals surface area contributed by atoms with E-state index in [-0.39, 0.29) is 5.95 Å². The number of anilines is 3. The van der Waals surface area contributed by atoms with Crippen molar-refractivity contribution >= 4 is 17.5 Å². The van der Waals surface area contributed by atoms with Gasteiger partial charge in [0, 0.05) is 24.6 Å². The first-order valence-corrected chi connectivity index (χ1v) is 9.21. The van der Waals surface area contributed by atoms with Crippen LogP contribution in [0.1, 0.15) is 25.1 Å². The molecule has 0 spiro atoms. The summed E-state index contributed by atoms with van der Waals surface area (Å²) in [7, 11) is 0. The molecule has 0 amide bonds. The van der Waals surface area contributed by atoms with Crippen molar-refractivity contribution in [2.24, 2.45) is 0 Å². The van der Waals surface area contributed by atoms with Crippen LogP contribution in [-0.2, 0) is 6.18 Å². The molecule has 3 rings (SSSR count). The molecule has 0 atom stereocenters. The van der Waals surface area contributed by atoms with Gasteiger partial charge in [-0.2, -0.15) is 13.2 Å². The molecular weight excluding hydrogens is 395 g/mol. The predicted molar refractivity (Wildman–Crippen MR) is 110 cm³/mol. The molecule has 0 aliphatic rings. The number of aliphatic hydroxyl groups is 1. The lowest BCUT2D eigenvalue weighted by Gasteiger charge is -2.18. The molecule has 0 aliphatic carbocycles. The van der Waals surface area contributed by atoms with Crippen molar-refractivity contribution in [3.8, 4) is 11.1 Å². The first-order chi connectivity index (χ1) is 14.0. The molecule has 0 saturated heterocycles. The van der Waals surface area contributed by atoms with Crippen molar-refractivity contribution in [3.63, 3.8) is 0 Å². The highest BCUT2D eigenvalue weighted by Gasteiger charge is 2.32. The van der Waals surface area contributed by atoms with Gasteiger partial charge in [-0.05, 0) is 67.8 Å². The van der Waals surface area contributed by atoms with Crippen LogP contribution in [0.2, 0.25) is 0 Å². The van der Waals surface area contributed by atoms with Gasteiger partial charge in [0.1, 0.15) is 11.5 Å². The second-order valence-corrected chi connectivity index (χ2v) is 7.57. The van der Waals surface area contributed by atoms with Crippen molar-refractivity contribution < 1.29 is 18.3 Å². The van der Waals surface area contributed by atoms with E-state index in [9.17, 15) is 18.3 Å². The summed E-state index contributed by atoms with van der Waals surface area (Å²) in [5.41, 5.74) is 1.28. The molecule has 3 aromatic rings. The van der Waals surface area contributed by atoms with E-state index in [1.54, 1.807) is 32.2 Å². The molecule has 0 radical (unpaired) electrons. The summed E-state index contributed by atoms with van der Waals surface area (Å²) >= 11 is 0. The maximum atomic E-state index is 12.9. The third kappa shape index (κ3) is 5.90. The van der Waals surface area contributed by atoms with E-state index in [0.29, 0.717) is 18.1 Å². The fourth-order valence-electron chi connectivity index (χ4n) is 2.74. The van der Waals surface area contributed by atoms with E-state index in [1.165, 1.54) is 0 Å². The Balaban J connectivity index is 1.86. The fourth-order valence-corrected chi connectivity index (χ4v) is 2.74.